The average molecular weight is 418 g/mol. The number of nitrogens with two attached hydrogens (primary N) is 1. The van der Waals surface area contributed by atoms with E-state index in [1.807, 2.05) is 19.2 Å². The van der Waals surface area contributed by atoms with E-state index in [0.29, 0.717) is 18.7 Å². The van der Waals surface area contributed by atoms with Gasteiger partial charge in [-0.25, -0.2) is 17.8 Å². The lowest BCUT2D eigenvalue weighted by Crippen LogP contribution is -2.52. The maximum atomic E-state index is 13.6. The third-order valence-corrected chi connectivity index (χ3v) is 7.65. The fraction of sp³-hybridized carbons (Fsp3) is 0.350. The van der Waals surface area contributed by atoms with E-state index in [1.54, 1.807) is 12.4 Å². The molecule has 1 fully saturated rings. The summed E-state index contributed by atoms with van der Waals surface area (Å²) in [5.74, 6) is 5.64. The molecule has 9 heteroatoms. The van der Waals surface area contributed by atoms with Gasteiger partial charge in [-0.05, 0) is 42.7 Å². The van der Waals surface area contributed by atoms with E-state index >= 15 is 0 Å². The Kier molecular flexibility index (Phi) is 4.95. The summed E-state index contributed by atoms with van der Waals surface area (Å²) in [6.45, 7) is 2.86. The molecule has 0 radical (unpaired) electrons. The van der Waals surface area contributed by atoms with E-state index in [9.17, 15) is 12.8 Å². The van der Waals surface area contributed by atoms with Gasteiger partial charge in [-0.15, -0.1) is 0 Å². The summed E-state index contributed by atoms with van der Waals surface area (Å²) in [6, 6.07) is 8.95. The van der Waals surface area contributed by atoms with Crippen molar-refractivity contribution in [3.8, 4) is 0 Å². The Bertz CT molecular complexity index is 1150. The van der Waals surface area contributed by atoms with Gasteiger partial charge in [0.25, 0.3) is 0 Å². The van der Waals surface area contributed by atoms with E-state index in [2.05, 4.69) is 16.8 Å². The molecule has 1 aliphatic heterocycles. The van der Waals surface area contributed by atoms with Crippen LogP contribution in [0.2, 0.25) is 0 Å². The summed E-state index contributed by atoms with van der Waals surface area (Å²) >= 11 is 0. The minimum Gasteiger partial charge on any atom is -0.369 e. The first kappa shape index (κ1) is 19.7. The van der Waals surface area contributed by atoms with Crippen molar-refractivity contribution in [3.05, 3.63) is 54.6 Å². The number of rotatable bonds is 4. The molecule has 1 unspecified atom stereocenters. The summed E-state index contributed by atoms with van der Waals surface area (Å²) < 4.78 is 42.7. The fourth-order valence-corrected chi connectivity index (χ4v) is 5.55. The number of aromatic nitrogens is 2. The lowest BCUT2D eigenvalue weighted by Gasteiger charge is -2.42. The monoisotopic (exact) mass is 417 g/mol. The number of hydrogen-bond acceptors (Lipinski definition) is 5. The Labute approximate surface area is 169 Å². The maximum Gasteiger partial charge on any atom is 0.243 e. The zero-order chi connectivity index (χ0) is 20.8. The molecule has 0 spiro atoms. The van der Waals surface area contributed by atoms with E-state index in [1.165, 1.54) is 27.2 Å². The molecule has 4 rings (SSSR count). The van der Waals surface area contributed by atoms with Crippen LogP contribution in [0.3, 0.4) is 0 Å². The molecular formula is C20H24FN5O2S. The van der Waals surface area contributed by atoms with Crippen LogP contribution in [0.4, 0.5) is 10.1 Å². The molecule has 1 aliphatic rings. The summed E-state index contributed by atoms with van der Waals surface area (Å²) in [7, 11) is -1.80. The van der Waals surface area contributed by atoms with Crippen molar-refractivity contribution < 1.29 is 12.8 Å². The number of halogens is 1. The van der Waals surface area contributed by atoms with E-state index in [0.717, 1.165) is 23.6 Å². The zero-order valence-electron chi connectivity index (χ0n) is 16.4. The number of anilines is 1. The number of pyridine rings is 1. The number of likely N-dealkylation sites (N-methyl/N-ethyl adjacent to an activating group) is 1. The first-order valence-electron chi connectivity index (χ1n) is 9.48. The molecule has 154 valence electrons. The smallest absolute Gasteiger partial charge is 0.243 e. The van der Waals surface area contributed by atoms with Crippen molar-refractivity contribution in [1.29, 1.82) is 0 Å². The number of nitrogens with zero attached hydrogens (tertiary/aromatic N) is 4. The van der Waals surface area contributed by atoms with E-state index in [4.69, 9.17) is 5.84 Å². The van der Waals surface area contributed by atoms with Gasteiger partial charge in [0, 0.05) is 49.6 Å². The Hall–Kier alpha value is -2.65. The predicted molar refractivity (Wildman–Crippen MR) is 111 cm³/mol. The molecule has 2 aromatic heterocycles. The lowest BCUT2D eigenvalue weighted by molar-refractivity contribution is 0.247. The highest BCUT2D eigenvalue weighted by atomic mass is 32.2. The van der Waals surface area contributed by atoms with Gasteiger partial charge in [0.15, 0.2) is 5.65 Å². The first-order chi connectivity index (χ1) is 13.8. The Morgan fingerprint density at radius 1 is 1.28 bits per heavy atom. The van der Waals surface area contributed by atoms with Crippen molar-refractivity contribution in [2.75, 3.05) is 30.9 Å². The highest BCUT2D eigenvalue weighted by Crippen LogP contribution is 2.32. The minimum absolute atomic E-state index is 0.0139. The van der Waals surface area contributed by atoms with Crippen LogP contribution < -0.4 is 10.7 Å². The molecule has 0 bridgehead atoms. The number of piperidine rings is 1. The van der Waals surface area contributed by atoms with Gasteiger partial charge in [0.1, 0.15) is 5.82 Å². The number of fused-ring (bicyclic) bond motifs is 1. The Morgan fingerprint density at radius 3 is 2.83 bits per heavy atom. The molecule has 3 aromatic rings. The van der Waals surface area contributed by atoms with Gasteiger partial charge in [-0.2, -0.15) is 4.31 Å². The summed E-state index contributed by atoms with van der Waals surface area (Å²) in [6.07, 6.45) is 4.17. The van der Waals surface area contributed by atoms with Gasteiger partial charge in [-0.3, -0.25) is 4.68 Å². The Balaban J connectivity index is 1.65. The molecule has 2 N–H and O–H groups in total. The molecular weight excluding hydrogens is 393 g/mol. The second-order valence-electron chi connectivity index (χ2n) is 7.56. The quantitative estimate of drug-likeness (QED) is 0.659. The topological polar surface area (TPSA) is 84.5 Å². The van der Waals surface area contributed by atoms with Crippen LogP contribution in [-0.4, -0.2) is 48.6 Å². The van der Waals surface area contributed by atoms with Crippen LogP contribution in [0.15, 0.2) is 53.7 Å². The van der Waals surface area contributed by atoms with Gasteiger partial charge < -0.3 is 10.7 Å². The van der Waals surface area contributed by atoms with Gasteiger partial charge in [0.05, 0.1) is 4.90 Å². The summed E-state index contributed by atoms with van der Waals surface area (Å²) in [5, 5.41) is 0.912. The van der Waals surface area contributed by atoms with Gasteiger partial charge >= 0.3 is 0 Å². The predicted octanol–water partition coefficient (Wildman–Crippen LogP) is 2.42. The van der Waals surface area contributed by atoms with Crippen molar-refractivity contribution >= 4 is 26.7 Å². The normalized spacial score (nSPS) is 20.8. The minimum atomic E-state index is -3.76. The highest BCUT2D eigenvalue weighted by molar-refractivity contribution is 7.89. The number of hydrogen-bond donors (Lipinski definition) is 1. The van der Waals surface area contributed by atoms with Gasteiger partial charge in [0.2, 0.25) is 10.0 Å². The second kappa shape index (κ2) is 7.31. The van der Waals surface area contributed by atoms with Crippen molar-refractivity contribution in [1.82, 2.24) is 14.0 Å². The number of nitrogen functional groups attached to an aromatic ring is 1. The van der Waals surface area contributed by atoms with E-state index in [-0.39, 0.29) is 16.9 Å². The molecule has 3 heterocycles. The summed E-state index contributed by atoms with van der Waals surface area (Å²) in [5.41, 5.74) is 1.61. The molecule has 0 amide bonds. The third-order valence-electron chi connectivity index (χ3n) is 5.79. The van der Waals surface area contributed by atoms with Crippen molar-refractivity contribution in [2.45, 2.75) is 24.3 Å². The fourth-order valence-electron chi connectivity index (χ4n) is 4.05. The molecule has 1 saturated heterocycles. The van der Waals surface area contributed by atoms with Crippen molar-refractivity contribution in [2.24, 2.45) is 5.92 Å². The number of benzene rings is 1. The largest absolute Gasteiger partial charge is 0.369 e. The summed E-state index contributed by atoms with van der Waals surface area (Å²) in [4.78, 5) is 6.40. The molecule has 2 atom stereocenters. The highest BCUT2D eigenvalue weighted by Gasteiger charge is 2.36. The van der Waals surface area contributed by atoms with Crippen LogP contribution >= 0.6 is 0 Å². The van der Waals surface area contributed by atoms with Crippen molar-refractivity contribution in [3.63, 3.8) is 0 Å². The van der Waals surface area contributed by atoms with Crippen LogP contribution in [0.1, 0.15) is 13.3 Å². The van der Waals surface area contributed by atoms with Crippen LogP contribution in [0.25, 0.3) is 11.0 Å². The molecule has 7 nitrogen and oxygen atoms in total. The van der Waals surface area contributed by atoms with Crippen LogP contribution in [0.5, 0.6) is 0 Å². The number of sulfonamides is 1. The lowest BCUT2D eigenvalue weighted by atomic mass is 9.93. The second-order valence-corrected chi connectivity index (χ2v) is 9.49. The van der Waals surface area contributed by atoms with Crippen LogP contribution in [0, 0.1) is 11.7 Å². The van der Waals surface area contributed by atoms with E-state index < -0.39 is 15.8 Å². The molecule has 0 saturated carbocycles. The standard InChI is InChI=1S/C20H24FN5O2S/c1-14-7-10-25(29(27,28)16-5-3-4-15(21)12-16)13-19(14)24(2)18-6-9-23-20-17(18)8-11-26(20)22/h3-6,8-9,11-12,14,19H,7,10,13,22H2,1-2H3/t14-,19?/m1/s1. The Morgan fingerprint density at radius 2 is 2.07 bits per heavy atom. The van der Waals surface area contributed by atoms with Gasteiger partial charge in [-0.1, -0.05) is 13.0 Å². The van der Waals surface area contributed by atoms with Crippen LogP contribution in [-0.2, 0) is 10.0 Å². The average Bonchev–Trinajstić information content (AvgIpc) is 3.09. The maximum absolute atomic E-state index is 13.6. The molecule has 29 heavy (non-hydrogen) atoms. The molecule has 1 aromatic carbocycles. The first-order valence-corrected chi connectivity index (χ1v) is 10.9. The zero-order valence-corrected chi connectivity index (χ0v) is 17.2. The third kappa shape index (κ3) is 3.44. The molecule has 0 aliphatic carbocycles. The SMILES string of the molecule is C[C@@H]1CCN(S(=O)(=O)c2cccc(F)c2)CC1N(C)c1ccnc2c1ccn2N.